The molecule has 1 atom stereocenters. The summed E-state index contributed by atoms with van der Waals surface area (Å²) in [6.07, 6.45) is 1.40. The highest BCUT2D eigenvalue weighted by molar-refractivity contribution is 9.10. The van der Waals surface area contributed by atoms with Crippen LogP contribution in [-0.4, -0.2) is 6.04 Å². The Morgan fingerprint density at radius 2 is 1.79 bits per heavy atom. The lowest BCUT2D eigenvalue weighted by molar-refractivity contribution is 0.623. The first kappa shape index (κ1) is 14.5. The molecule has 4 heteroatoms. The van der Waals surface area contributed by atoms with Crippen LogP contribution in [0, 0.1) is 5.82 Å². The lowest BCUT2D eigenvalue weighted by atomic mass is 10.00. The first-order chi connectivity index (χ1) is 9.04. The van der Waals surface area contributed by atoms with E-state index in [-0.39, 0.29) is 11.9 Å². The molecule has 2 aromatic carbocycles. The summed E-state index contributed by atoms with van der Waals surface area (Å²) in [5.41, 5.74) is 8.18. The monoisotopic (exact) mass is 341 g/mol. The third kappa shape index (κ3) is 4.30. The van der Waals surface area contributed by atoms with Gasteiger partial charge in [0.15, 0.2) is 0 Å². The Morgan fingerprint density at radius 1 is 1.11 bits per heavy atom. The predicted octanol–water partition coefficient (Wildman–Crippen LogP) is 4.35. The maximum atomic E-state index is 12.8. The van der Waals surface area contributed by atoms with Gasteiger partial charge in [-0.3, -0.25) is 0 Å². The maximum Gasteiger partial charge on any atom is 0.123 e. The number of hydrogen-bond acceptors (Lipinski definition) is 1. The second kappa shape index (κ2) is 6.51. The first-order valence-electron chi connectivity index (χ1n) is 5.98. The lowest BCUT2D eigenvalue weighted by Crippen LogP contribution is -2.25. The smallest absolute Gasteiger partial charge is 0.123 e. The van der Waals surface area contributed by atoms with Gasteiger partial charge in [0.25, 0.3) is 0 Å². The Balaban J connectivity index is 2.01. The molecule has 0 spiro atoms. The zero-order valence-electron chi connectivity index (χ0n) is 10.2. The Morgan fingerprint density at radius 3 is 2.42 bits per heavy atom. The zero-order valence-corrected chi connectivity index (χ0v) is 12.6. The quantitative estimate of drug-likeness (QED) is 0.878. The van der Waals surface area contributed by atoms with Gasteiger partial charge in [-0.25, -0.2) is 4.39 Å². The van der Waals surface area contributed by atoms with Gasteiger partial charge >= 0.3 is 0 Å². The van der Waals surface area contributed by atoms with Crippen molar-refractivity contribution in [1.82, 2.24) is 0 Å². The lowest BCUT2D eigenvalue weighted by Gasteiger charge is -2.13. The van der Waals surface area contributed by atoms with Crippen molar-refractivity contribution in [2.24, 2.45) is 5.73 Å². The van der Waals surface area contributed by atoms with Crippen LogP contribution in [0.25, 0.3) is 0 Å². The van der Waals surface area contributed by atoms with Crippen molar-refractivity contribution < 1.29 is 4.39 Å². The Hall–Kier alpha value is -0.900. The van der Waals surface area contributed by atoms with Crippen LogP contribution in [-0.2, 0) is 12.8 Å². The standard InChI is InChI=1S/C15H14BrClFN/c16-12-4-3-11(15(17)9-12)8-14(19)7-10-1-5-13(18)6-2-10/h1-6,9,14H,7-8,19H2. The van der Waals surface area contributed by atoms with Crippen LogP contribution in [0.3, 0.4) is 0 Å². The highest BCUT2D eigenvalue weighted by Gasteiger charge is 2.09. The Kier molecular flexibility index (Phi) is 4.97. The molecule has 0 fully saturated rings. The number of nitrogens with two attached hydrogens (primary N) is 1. The molecule has 0 aromatic heterocycles. The van der Waals surface area contributed by atoms with E-state index in [0.29, 0.717) is 17.9 Å². The molecule has 0 radical (unpaired) electrons. The van der Waals surface area contributed by atoms with Crippen molar-refractivity contribution in [2.75, 3.05) is 0 Å². The van der Waals surface area contributed by atoms with Gasteiger partial charge in [-0.2, -0.15) is 0 Å². The molecule has 0 saturated carbocycles. The molecule has 2 N–H and O–H groups in total. The van der Waals surface area contributed by atoms with Crippen LogP contribution in [0.1, 0.15) is 11.1 Å². The Bertz CT molecular complexity index is 557. The van der Waals surface area contributed by atoms with Crippen molar-refractivity contribution in [3.05, 3.63) is 68.9 Å². The van der Waals surface area contributed by atoms with E-state index in [0.717, 1.165) is 15.6 Å². The normalized spacial score (nSPS) is 12.4. The average Bonchev–Trinajstić information content (AvgIpc) is 2.36. The van der Waals surface area contributed by atoms with Crippen LogP contribution in [0.4, 0.5) is 4.39 Å². The largest absolute Gasteiger partial charge is 0.327 e. The molecule has 100 valence electrons. The molecule has 0 bridgehead atoms. The fourth-order valence-corrected chi connectivity index (χ4v) is 2.72. The number of benzene rings is 2. The van der Waals surface area contributed by atoms with Gasteiger partial charge in [0.2, 0.25) is 0 Å². The van der Waals surface area contributed by atoms with Crippen molar-refractivity contribution >= 4 is 27.5 Å². The zero-order chi connectivity index (χ0) is 13.8. The summed E-state index contributed by atoms with van der Waals surface area (Å²) in [4.78, 5) is 0. The first-order valence-corrected chi connectivity index (χ1v) is 7.15. The molecule has 0 aliphatic rings. The van der Waals surface area contributed by atoms with E-state index in [4.69, 9.17) is 17.3 Å². The molecule has 0 heterocycles. The van der Waals surface area contributed by atoms with Gasteiger partial charge in [0.1, 0.15) is 5.82 Å². The molecule has 0 aliphatic carbocycles. The van der Waals surface area contributed by atoms with E-state index in [9.17, 15) is 4.39 Å². The SMILES string of the molecule is NC(Cc1ccc(F)cc1)Cc1ccc(Br)cc1Cl. The third-order valence-electron chi connectivity index (χ3n) is 2.91. The average molecular weight is 343 g/mol. The molecular formula is C15H14BrClFN. The Labute approximate surface area is 125 Å². The van der Waals surface area contributed by atoms with Gasteiger partial charge in [-0.05, 0) is 48.2 Å². The van der Waals surface area contributed by atoms with Crippen molar-refractivity contribution in [1.29, 1.82) is 0 Å². The van der Waals surface area contributed by atoms with E-state index >= 15 is 0 Å². The van der Waals surface area contributed by atoms with Gasteiger partial charge in [-0.15, -0.1) is 0 Å². The number of rotatable bonds is 4. The molecule has 0 saturated heterocycles. The van der Waals surface area contributed by atoms with E-state index in [1.165, 1.54) is 12.1 Å². The summed E-state index contributed by atoms with van der Waals surface area (Å²) >= 11 is 9.53. The molecule has 2 aromatic rings. The van der Waals surface area contributed by atoms with Crippen molar-refractivity contribution in [2.45, 2.75) is 18.9 Å². The summed E-state index contributed by atoms with van der Waals surface area (Å²) < 4.78 is 13.8. The minimum Gasteiger partial charge on any atom is -0.327 e. The van der Waals surface area contributed by atoms with Gasteiger partial charge in [-0.1, -0.05) is 45.7 Å². The van der Waals surface area contributed by atoms with Gasteiger partial charge in [0, 0.05) is 15.5 Å². The molecule has 2 rings (SSSR count). The van der Waals surface area contributed by atoms with Gasteiger partial charge < -0.3 is 5.73 Å². The number of halogens is 3. The minimum atomic E-state index is -0.228. The highest BCUT2D eigenvalue weighted by Crippen LogP contribution is 2.22. The summed E-state index contributed by atoms with van der Waals surface area (Å²) in [5, 5.41) is 0.712. The minimum absolute atomic E-state index is 0.0378. The topological polar surface area (TPSA) is 26.0 Å². The summed E-state index contributed by atoms with van der Waals surface area (Å²) in [6.45, 7) is 0. The van der Waals surface area contributed by atoms with Crippen LogP contribution in [0.2, 0.25) is 5.02 Å². The number of hydrogen-bond donors (Lipinski definition) is 1. The van der Waals surface area contributed by atoms with E-state index in [1.54, 1.807) is 12.1 Å². The van der Waals surface area contributed by atoms with E-state index in [1.807, 2.05) is 18.2 Å². The highest BCUT2D eigenvalue weighted by atomic mass is 79.9. The molecule has 1 unspecified atom stereocenters. The van der Waals surface area contributed by atoms with E-state index in [2.05, 4.69) is 15.9 Å². The van der Waals surface area contributed by atoms with Crippen molar-refractivity contribution in [3.63, 3.8) is 0 Å². The predicted molar refractivity (Wildman–Crippen MR) is 80.9 cm³/mol. The molecule has 0 aliphatic heterocycles. The molecule has 19 heavy (non-hydrogen) atoms. The molecular weight excluding hydrogens is 329 g/mol. The second-order valence-corrected chi connectivity index (χ2v) is 5.85. The molecule has 1 nitrogen and oxygen atoms in total. The third-order valence-corrected chi connectivity index (χ3v) is 3.75. The fourth-order valence-electron chi connectivity index (χ4n) is 1.97. The molecule has 0 amide bonds. The van der Waals surface area contributed by atoms with Crippen LogP contribution in [0.15, 0.2) is 46.9 Å². The van der Waals surface area contributed by atoms with Crippen molar-refractivity contribution in [3.8, 4) is 0 Å². The van der Waals surface area contributed by atoms with Crippen LogP contribution >= 0.6 is 27.5 Å². The summed E-state index contributed by atoms with van der Waals surface area (Å²) in [6, 6.07) is 12.2. The van der Waals surface area contributed by atoms with Crippen LogP contribution < -0.4 is 5.73 Å². The summed E-state index contributed by atoms with van der Waals surface area (Å²) in [5.74, 6) is -0.228. The maximum absolute atomic E-state index is 12.8. The van der Waals surface area contributed by atoms with E-state index < -0.39 is 0 Å². The summed E-state index contributed by atoms with van der Waals surface area (Å²) in [7, 11) is 0. The van der Waals surface area contributed by atoms with Crippen LogP contribution in [0.5, 0.6) is 0 Å². The fraction of sp³-hybridized carbons (Fsp3) is 0.200. The second-order valence-electron chi connectivity index (χ2n) is 4.53. The van der Waals surface area contributed by atoms with Gasteiger partial charge in [0.05, 0.1) is 0 Å².